The number of anilines is 1. The van der Waals surface area contributed by atoms with Crippen LogP contribution in [0.1, 0.15) is 28.9 Å². The Labute approximate surface area is 107 Å². The van der Waals surface area contributed by atoms with Crippen molar-refractivity contribution < 1.29 is 4.79 Å². The van der Waals surface area contributed by atoms with Gasteiger partial charge in [-0.1, -0.05) is 42.5 Å². The zero-order valence-corrected chi connectivity index (χ0v) is 10.3. The fourth-order valence-corrected chi connectivity index (χ4v) is 1.88. The third-order valence-electron chi connectivity index (χ3n) is 2.86. The number of carbonyl (C=O) groups is 1. The Morgan fingerprint density at radius 3 is 2.33 bits per heavy atom. The Morgan fingerprint density at radius 1 is 1.06 bits per heavy atom. The lowest BCUT2D eigenvalue weighted by atomic mass is 10.1. The molecule has 2 aromatic carbocycles. The maximum Gasteiger partial charge on any atom is 0.250 e. The van der Waals surface area contributed by atoms with E-state index < -0.39 is 5.91 Å². The van der Waals surface area contributed by atoms with Crippen LogP contribution in [-0.4, -0.2) is 5.91 Å². The molecule has 3 N–H and O–H groups in total. The molecule has 0 aromatic heterocycles. The molecule has 0 saturated heterocycles. The Balaban J connectivity index is 2.22. The molecule has 0 aliphatic heterocycles. The van der Waals surface area contributed by atoms with E-state index in [9.17, 15) is 4.79 Å². The van der Waals surface area contributed by atoms with E-state index in [0.29, 0.717) is 5.56 Å². The zero-order valence-electron chi connectivity index (χ0n) is 10.3. The van der Waals surface area contributed by atoms with Crippen LogP contribution in [-0.2, 0) is 0 Å². The van der Waals surface area contributed by atoms with Crippen molar-refractivity contribution in [1.82, 2.24) is 0 Å². The Hall–Kier alpha value is -2.29. The molecule has 0 radical (unpaired) electrons. The molecule has 92 valence electrons. The van der Waals surface area contributed by atoms with Crippen molar-refractivity contribution >= 4 is 11.6 Å². The second-order valence-corrected chi connectivity index (χ2v) is 4.19. The lowest BCUT2D eigenvalue weighted by Gasteiger charge is -2.17. The number of primary amides is 1. The molecule has 0 aliphatic rings. The fraction of sp³-hybridized carbons (Fsp3) is 0.133. The first-order valence-electron chi connectivity index (χ1n) is 5.89. The van der Waals surface area contributed by atoms with Gasteiger partial charge in [0.2, 0.25) is 0 Å². The molecule has 1 unspecified atom stereocenters. The van der Waals surface area contributed by atoms with Gasteiger partial charge in [0.05, 0.1) is 5.56 Å². The predicted octanol–water partition coefficient (Wildman–Crippen LogP) is 2.96. The fourth-order valence-electron chi connectivity index (χ4n) is 1.88. The van der Waals surface area contributed by atoms with Crippen molar-refractivity contribution in [3.8, 4) is 0 Å². The third kappa shape index (κ3) is 2.69. The molecule has 0 spiro atoms. The van der Waals surface area contributed by atoms with E-state index in [4.69, 9.17) is 5.73 Å². The van der Waals surface area contributed by atoms with Gasteiger partial charge >= 0.3 is 0 Å². The van der Waals surface area contributed by atoms with Crippen LogP contribution in [0.3, 0.4) is 0 Å². The Kier molecular flexibility index (Phi) is 3.63. The van der Waals surface area contributed by atoms with Crippen molar-refractivity contribution in [2.75, 3.05) is 5.32 Å². The summed E-state index contributed by atoms with van der Waals surface area (Å²) < 4.78 is 0. The normalized spacial score (nSPS) is 11.8. The first kappa shape index (κ1) is 12.2. The highest BCUT2D eigenvalue weighted by Crippen LogP contribution is 2.21. The molecule has 0 fully saturated rings. The average molecular weight is 240 g/mol. The minimum absolute atomic E-state index is 0.117. The summed E-state index contributed by atoms with van der Waals surface area (Å²) in [7, 11) is 0. The SMILES string of the molecule is CC(Nc1ccccc1C(N)=O)c1ccccc1. The second kappa shape index (κ2) is 5.36. The van der Waals surface area contributed by atoms with E-state index >= 15 is 0 Å². The quantitative estimate of drug-likeness (QED) is 0.863. The number of hydrogen-bond donors (Lipinski definition) is 2. The molecule has 3 heteroatoms. The largest absolute Gasteiger partial charge is 0.378 e. The van der Waals surface area contributed by atoms with E-state index in [1.54, 1.807) is 12.1 Å². The van der Waals surface area contributed by atoms with Gasteiger partial charge in [0.25, 0.3) is 5.91 Å². The topological polar surface area (TPSA) is 55.1 Å². The van der Waals surface area contributed by atoms with Gasteiger partial charge in [0, 0.05) is 11.7 Å². The number of para-hydroxylation sites is 1. The number of rotatable bonds is 4. The van der Waals surface area contributed by atoms with Crippen LogP contribution in [0.5, 0.6) is 0 Å². The summed E-state index contributed by atoms with van der Waals surface area (Å²) in [6.07, 6.45) is 0. The minimum Gasteiger partial charge on any atom is -0.378 e. The van der Waals surface area contributed by atoms with Gasteiger partial charge in [0.15, 0.2) is 0 Å². The third-order valence-corrected chi connectivity index (χ3v) is 2.86. The van der Waals surface area contributed by atoms with E-state index in [-0.39, 0.29) is 6.04 Å². The highest BCUT2D eigenvalue weighted by Gasteiger charge is 2.10. The van der Waals surface area contributed by atoms with Crippen molar-refractivity contribution in [1.29, 1.82) is 0 Å². The number of benzene rings is 2. The summed E-state index contributed by atoms with van der Waals surface area (Å²) in [5.41, 5.74) is 7.79. The highest BCUT2D eigenvalue weighted by atomic mass is 16.1. The number of hydrogen-bond acceptors (Lipinski definition) is 2. The first-order valence-corrected chi connectivity index (χ1v) is 5.89. The standard InChI is InChI=1S/C15H16N2O/c1-11(12-7-3-2-4-8-12)17-14-10-6-5-9-13(14)15(16)18/h2-11,17H,1H3,(H2,16,18). The molecule has 0 saturated carbocycles. The number of carbonyl (C=O) groups excluding carboxylic acids is 1. The van der Waals surface area contributed by atoms with Crippen LogP contribution >= 0.6 is 0 Å². The maximum atomic E-state index is 11.3. The van der Waals surface area contributed by atoms with Gasteiger partial charge in [0.1, 0.15) is 0 Å². The monoisotopic (exact) mass is 240 g/mol. The molecular formula is C15H16N2O. The Bertz CT molecular complexity index is 537. The lowest BCUT2D eigenvalue weighted by Crippen LogP contribution is -2.15. The smallest absolute Gasteiger partial charge is 0.250 e. The number of amides is 1. The lowest BCUT2D eigenvalue weighted by molar-refractivity contribution is 0.100. The first-order chi connectivity index (χ1) is 8.68. The summed E-state index contributed by atoms with van der Waals surface area (Å²) in [6, 6.07) is 17.4. The predicted molar refractivity (Wildman–Crippen MR) is 73.4 cm³/mol. The van der Waals surface area contributed by atoms with E-state index in [0.717, 1.165) is 11.3 Å². The van der Waals surface area contributed by atoms with Crippen LogP contribution < -0.4 is 11.1 Å². The summed E-state index contributed by atoms with van der Waals surface area (Å²) in [5.74, 6) is -0.418. The number of nitrogens with one attached hydrogen (secondary N) is 1. The highest BCUT2D eigenvalue weighted by molar-refractivity contribution is 5.98. The van der Waals surface area contributed by atoms with Gasteiger partial charge in [-0.3, -0.25) is 4.79 Å². The van der Waals surface area contributed by atoms with Crippen molar-refractivity contribution in [3.05, 3.63) is 65.7 Å². The van der Waals surface area contributed by atoms with Crippen molar-refractivity contribution in [2.24, 2.45) is 5.73 Å². The van der Waals surface area contributed by atoms with Crippen LogP contribution in [0, 0.1) is 0 Å². The molecule has 0 heterocycles. The van der Waals surface area contributed by atoms with Gasteiger partial charge in [-0.15, -0.1) is 0 Å². The minimum atomic E-state index is -0.418. The van der Waals surface area contributed by atoms with Crippen LogP contribution in [0.2, 0.25) is 0 Å². The zero-order chi connectivity index (χ0) is 13.0. The molecular weight excluding hydrogens is 224 g/mol. The van der Waals surface area contributed by atoms with Crippen molar-refractivity contribution in [3.63, 3.8) is 0 Å². The summed E-state index contributed by atoms with van der Waals surface area (Å²) >= 11 is 0. The van der Waals surface area contributed by atoms with Crippen LogP contribution in [0.15, 0.2) is 54.6 Å². The van der Waals surface area contributed by atoms with Gasteiger partial charge in [-0.2, -0.15) is 0 Å². The summed E-state index contributed by atoms with van der Waals surface area (Å²) in [4.78, 5) is 11.3. The van der Waals surface area contributed by atoms with Crippen LogP contribution in [0.4, 0.5) is 5.69 Å². The molecule has 2 rings (SSSR count). The van der Waals surface area contributed by atoms with Gasteiger partial charge in [-0.25, -0.2) is 0 Å². The summed E-state index contributed by atoms with van der Waals surface area (Å²) in [6.45, 7) is 2.05. The molecule has 1 atom stereocenters. The molecule has 0 bridgehead atoms. The van der Waals surface area contributed by atoms with Crippen LogP contribution in [0.25, 0.3) is 0 Å². The molecule has 2 aromatic rings. The second-order valence-electron chi connectivity index (χ2n) is 4.19. The van der Waals surface area contributed by atoms with Crippen molar-refractivity contribution in [2.45, 2.75) is 13.0 Å². The molecule has 0 aliphatic carbocycles. The summed E-state index contributed by atoms with van der Waals surface area (Å²) in [5, 5.41) is 3.31. The van der Waals surface area contributed by atoms with Gasteiger partial charge in [-0.05, 0) is 24.6 Å². The number of nitrogens with two attached hydrogens (primary N) is 1. The Morgan fingerprint density at radius 2 is 1.67 bits per heavy atom. The average Bonchev–Trinajstić information content (AvgIpc) is 2.40. The van der Waals surface area contributed by atoms with E-state index in [1.807, 2.05) is 49.4 Å². The van der Waals surface area contributed by atoms with Gasteiger partial charge < -0.3 is 11.1 Å². The molecule has 18 heavy (non-hydrogen) atoms. The van der Waals surface area contributed by atoms with E-state index in [1.165, 1.54) is 0 Å². The molecule has 1 amide bonds. The molecule has 3 nitrogen and oxygen atoms in total. The van der Waals surface area contributed by atoms with E-state index in [2.05, 4.69) is 5.32 Å². The maximum absolute atomic E-state index is 11.3.